The van der Waals surface area contributed by atoms with Crippen LogP contribution in [0.25, 0.3) is 0 Å². The van der Waals surface area contributed by atoms with Gasteiger partial charge in [-0.1, -0.05) is 42.5 Å². The van der Waals surface area contributed by atoms with E-state index in [4.69, 9.17) is 0 Å². The summed E-state index contributed by atoms with van der Waals surface area (Å²) in [6, 6.07) is 10.9. The van der Waals surface area contributed by atoms with Crippen LogP contribution in [0, 0.1) is 0 Å². The summed E-state index contributed by atoms with van der Waals surface area (Å²) in [7, 11) is 1.97. The Bertz CT molecular complexity index is 264. The van der Waals surface area contributed by atoms with Gasteiger partial charge in [0.25, 0.3) is 0 Å². The molecule has 0 aliphatic heterocycles. The first-order chi connectivity index (χ1) is 6.24. The molecule has 0 spiro atoms. The zero-order valence-electron chi connectivity index (χ0n) is 8.38. The van der Waals surface area contributed by atoms with Gasteiger partial charge in [0.1, 0.15) is 0 Å². The minimum Gasteiger partial charge on any atom is -0.313 e. The fourth-order valence-electron chi connectivity index (χ4n) is 1.37. The lowest BCUT2D eigenvalue weighted by Gasteiger charge is -2.15. The summed E-state index contributed by atoms with van der Waals surface area (Å²) < 4.78 is 0. The lowest BCUT2D eigenvalue weighted by atomic mass is 10.0. The molecular weight excluding hydrogens is 158 g/mol. The van der Waals surface area contributed by atoms with Gasteiger partial charge in [-0.2, -0.15) is 0 Å². The van der Waals surface area contributed by atoms with E-state index < -0.39 is 0 Å². The van der Waals surface area contributed by atoms with Crippen molar-refractivity contribution in [1.82, 2.24) is 5.32 Å². The Labute approximate surface area is 80.5 Å². The number of rotatable bonds is 4. The highest BCUT2D eigenvalue weighted by molar-refractivity contribution is 5.18. The standard InChI is InChI=1S/C12H17N/c1-10(2)12(13-3)9-11-7-5-4-6-8-11/h4-8,12-13H,1,9H2,2-3H3/t12-/m1/s1. The predicted molar refractivity (Wildman–Crippen MR) is 57.8 cm³/mol. The van der Waals surface area contributed by atoms with Crippen LogP contribution >= 0.6 is 0 Å². The van der Waals surface area contributed by atoms with Crippen LogP contribution in [0.2, 0.25) is 0 Å². The van der Waals surface area contributed by atoms with Gasteiger partial charge in [-0.3, -0.25) is 0 Å². The predicted octanol–water partition coefficient (Wildman–Crippen LogP) is 2.39. The van der Waals surface area contributed by atoms with E-state index in [9.17, 15) is 0 Å². The molecule has 1 aromatic rings. The molecule has 13 heavy (non-hydrogen) atoms. The van der Waals surface area contributed by atoms with Crippen LogP contribution in [0.4, 0.5) is 0 Å². The summed E-state index contributed by atoms with van der Waals surface area (Å²) in [6.45, 7) is 6.02. The van der Waals surface area contributed by atoms with Crippen molar-refractivity contribution in [2.24, 2.45) is 0 Å². The highest BCUT2D eigenvalue weighted by Crippen LogP contribution is 2.07. The first-order valence-corrected chi connectivity index (χ1v) is 4.60. The van der Waals surface area contributed by atoms with Crippen molar-refractivity contribution in [3.05, 3.63) is 48.0 Å². The average molecular weight is 175 g/mol. The van der Waals surface area contributed by atoms with E-state index in [0.29, 0.717) is 6.04 Å². The second-order valence-corrected chi connectivity index (χ2v) is 3.38. The van der Waals surface area contributed by atoms with Gasteiger partial charge >= 0.3 is 0 Å². The Kier molecular flexibility index (Phi) is 3.71. The molecule has 0 heterocycles. The maximum absolute atomic E-state index is 3.96. The molecule has 0 unspecified atom stereocenters. The lowest BCUT2D eigenvalue weighted by Crippen LogP contribution is -2.28. The molecule has 0 amide bonds. The van der Waals surface area contributed by atoms with Gasteiger partial charge < -0.3 is 5.32 Å². The zero-order valence-corrected chi connectivity index (χ0v) is 8.38. The third kappa shape index (κ3) is 3.03. The van der Waals surface area contributed by atoms with Gasteiger partial charge in [-0.25, -0.2) is 0 Å². The molecule has 0 radical (unpaired) electrons. The Hall–Kier alpha value is -1.08. The van der Waals surface area contributed by atoms with Gasteiger partial charge in [0.15, 0.2) is 0 Å². The van der Waals surface area contributed by atoms with Crippen molar-refractivity contribution in [3.8, 4) is 0 Å². The summed E-state index contributed by atoms with van der Waals surface area (Å²) in [4.78, 5) is 0. The highest BCUT2D eigenvalue weighted by atomic mass is 14.9. The van der Waals surface area contributed by atoms with E-state index in [1.807, 2.05) is 13.1 Å². The molecule has 0 aliphatic carbocycles. The zero-order chi connectivity index (χ0) is 9.68. The first-order valence-electron chi connectivity index (χ1n) is 4.60. The Morgan fingerprint density at radius 3 is 2.46 bits per heavy atom. The summed E-state index contributed by atoms with van der Waals surface area (Å²) in [5.41, 5.74) is 2.54. The average Bonchev–Trinajstić information content (AvgIpc) is 2.15. The molecule has 0 bridgehead atoms. The first kappa shape index (κ1) is 10.0. The second-order valence-electron chi connectivity index (χ2n) is 3.38. The van der Waals surface area contributed by atoms with Crippen LogP contribution in [0.15, 0.2) is 42.5 Å². The van der Waals surface area contributed by atoms with Crippen molar-refractivity contribution >= 4 is 0 Å². The molecule has 1 heteroatoms. The highest BCUT2D eigenvalue weighted by Gasteiger charge is 2.06. The second kappa shape index (κ2) is 4.83. The van der Waals surface area contributed by atoms with E-state index in [-0.39, 0.29) is 0 Å². The molecule has 1 rings (SSSR count). The Morgan fingerprint density at radius 2 is 2.00 bits per heavy atom. The fourth-order valence-corrected chi connectivity index (χ4v) is 1.37. The summed E-state index contributed by atoms with van der Waals surface area (Å²) >= 11 is 0. The van der Waals surface area contributed by atoms with E-state index in [1.165, 1.54) is 11.1 Å². The quantitative estimate of drug-likeness (QED) is 0.693. The largest absolute Gasteiger partial charge is 0.313 e. The van der Waals surface area contributed by atoms with E-state index in [2.05, 4.69) is 43.1 Å². The molecule has 1 N–H and O–H groups in total. The number of likely N-dealkylation sites (N-methyl/N-ethyl adjacent to an activating group) is 1. The van der Waals surface area contributed by atoms with Crippen LogP contribution in [-0.2, 0) is 6.42 Å². The maximum Gasteiger partial charge on any atom is 0.0311 e. The maximum atomic E-state index is 3.96. The number of hydrogen-bond acceptors (Lipinski definition) is 1. The molecule has 70 valence electrons. The minimum atomic E-state index is 0.391. The van der Waals surface area contributed by atoms with Crippen molar-refractivity contribution in [3.63, 3.8) is 0 Å². The minimum absolute atomic E-state index is 0.391. The Balaban J connectivity index is 2.62. The van der Waals surface area contributed by atoms with Crippen LogP contribution < -0.4 is 5.32 Å². The van der Waals surface area contributed by atoms with Crippen LogP contribution in [0.3, 0.4) is 0 Å². The van der Waals surface area contributed by atoms with Crippen molar-refractivity contribution in [1.29, 1.82) is 0 Å². The molecular formula is C12H17N. The lowest BCUT2D eigenvalue weighted by molar-refractivity contribution is 0.634. The van der Waals surface area contributed by atoms with Crippen LogP contribution in [-0.4, -0.2) is 13.1 Å². The summed E-state index contributed by atoms with van der Waals surface area (Å²) in [5, 5.41) is 3.25. The molecule has 1 atom stereocenters. The normalized spacial score (nSPS) is 12.5. The number of hydrogen-bond donors (Lipinski definition) is 1. The Morgan fingerprint density at radius 1 is 1.38 bits per heavy atom. The smallest absolute Gasteiger partial charge is 0.0311 e. The SMILES string of the molecule is C=C(C)[C@@H](Cc1ccccc1)NC. The summed E-state index contributed by atoms with van der Waals surface area (Å²) in [6.07, 6.45) is 1.02. The molecule has 1 aromatic carbocycles. The third-order valence-corrected chi connectivity index (χ3v) is 2.23. The molecule has 1 nitrogen and oxygen atoms in total. The van der Waals surface area contributed by atoms with E-state index in [0.717, 1.165) is 6.42 Å². The number of benzene rings is 1. The molecule has 0 saturated heterocycles. The topological polar surface area (TPSA) is 12.0 Å². The monoisotopic (exact) mass is 175 g/mol. The van der Waals surface area contributed by atoms with Crippen molar-refractivity contribution in [2.45, 2.75) is 19.4 Å². The van der Waals surface area contributed by atoms with Crippen LogP contribution in [0.5, 0.6) is 0 Å². The van der Waals surface area contributed by atoms with E-state index in [1.54, 1.807) is 0 Å². The van der Waals surface area contributed by atoms with Crippen molar-refractivity contribution in [2.75, 3.05) is 7.05 Å². The van der Waals surface area contributed by atoms with Gasteiger partial charge in [0, 0.05) is 6.04 Å². The van der Waals surface area contributed by atoms with Crippen molar-refractivity contribution < 1.29 is 0 Å². The summed E-state index contributed by atoms with van der Waals surface area (Å²) in [5.74, 6) is 0. The van der Waals surface area contributed by atoms with Gasteiger partial charge in [-0.15, -0.1) is 0 Å². The molecule has 0 aliphatic rings. The van der Waals surface area contributed by atoms with E-state index >= 15 is 0 Å². The molecule has 0 saturated carbocycles. The fraction of sp³-hybridized carbons (Fsp3) is 0.333. The van der Waals surface area contributed by atoms with Gasteiger partial charge in [0.2, 0.25) is 0 Å². The third-order valence-electron chi connectivity index (χ3n) is 2.23. The molecule has 0 aromatic heterocycles. The van der Waals surface area contributed by atoms with Gasteiger partial charge in [-0.05, 0) is 26.0 Å². The number of nitrogens with one attached hydrogen (secondary N) is 1. The molecule has 0 fully saturated rings. The van der Waals surface area contributed by atoms with Crippen LogP contribution in [0.1, 0.15) is 12.5 Å². The van der Waals surface area contributed by atoms with Gasteiger partial charge in [0.05, 0.1) is 0 Å².